The molecule has 0 aliphatic rings. The maximum Gasteiger partial charge on any atom is 0.0767 e. The molecule has 0 saturated carbocycles. The van der Waals surface area contributed by atoms with Crippen LogP contribution in [0.1, 0.15) is 25.2 Å². The van der Waals surface area contributed by atoms with Crippen LogP contribution >= 0.6 is 39.1 Å². The van der Waals surface area contributed by atoms with Crippen LogP contribution in [-0.2, 0) is 19.5 Å². The van der Waals surface area contributed by atoms with E-state index in [4.69, 9.17) is 23.2 Å². The number of aryl methyl sites for hydroxylation is 2. The van der Waals surface area contributed by atoms with Gasteiger partial charge in [0.15, 0.2) is 0 Å². The first-order chi connectivity index (χ1) is 9.58. The Balaban J connectivity index is 2.25. The maximum absolute atomic E-state index is 6.16. The zero-order valence-corrected chi connectivity index (χ0v) is 14.5. The van der Waals surface area contributed by atoms with E-state index >= 15 is 0 Å². The quantitative estimate of drug-likeness (QED) is 0.782. The third kappa shape index (κ3) is 3.13. The van der Waals surface area contributed by atoms with Crippen LogP contribution in [0.4, 0.5) is 5.69 Å². The molecule has 2 aromatic rings. The van der Waals surface area contributed by atoms with Gasteiger partial charge >= 0.3 is 0 Å². The van der Waals surface area contributed by atoms with Crippen molar-refractivity contribution in [3.63, 3.8) is 0 Å². The maximum atomic E-state index is 6.16. The molecule has 0 aliphatic carbocycles. The van der Waals surface area contributed by atoms with Crippen molar-refractivity contribution in [1.82, 2.24) is 9.78 Å². The van der Waals surface area contributed by atoms with Crippen molar-refractivity contribution in [2.24, 2.45) is 0 Å². The average molecular weight is 377 g/mol. The minimum Gasteiger partial charge on any atom is -0.377 e. The molecule has 0 atom stereocenters. The van der Waals surface area contributed by atoms with Gasteiger partial charge in [0.2, 0.25) is 0 Å². The first kappa shape index (κ1) is 15.7. The molecule has 1 aromatic carbocycles. The van der Waals surface area contributed by atoms with E-state index in [9.17, 15) is 0 Å². The zero-order chi connectivity index (χ0) is 14.7. The number of benzene rings is 1. The van der Waals surface area contributed by atoms with Crippen LogP contribution in [0.25, 0.3) is 0 Å². The molecule has 20 heavy (non-hydrogen) atoms. The Hall–Kier alpha value is -0.710. The minimum absolute atomic E-state index is 0.616. The molecule has 0 bridgehead atoms. The van der Waals surface area contributed by atoms with Crippen LogP contribution < -0.4 is 5.32 Å². The highest BCUT2D eigenvalue weighted by Gasteiger charge is 2.14. The molecule has 108 valence electrons. The van der Waals surface area contributed by atoms with Gasteiger partial charge in [0.25, 0.3) is 0 Å². The highest BCUT2D eigenvalue weighted by molar-refractivity contribution is 9.10. The van der Waals surface area contributed by atoms with Crippen LogP contribution in [0.2, 0.25) is 10.0 Å². The van der Waals surface area contributed by atoms with E-state index < -0.39 is 0 Å². The molecular formula is C14H16BrCl2N3. The second-order valence-corrected chi connectivity index (χ2v) is 5.93. The topological polar surface area (TPSA) is 29.9 Å². The molecule has 0 unspecified atom stereocenters. The van der Waals surface area contributed by atoms with E-state index in [-0.39, 0.29) is 0 Å². The molecule has 0 spiro atoms. The molecular weight excluding hydrogens is 361 g/mol. The number of aromatic nitrogens is 2. The number of para-hydroxylation sites is 1. The zero-order valence-electron chi connectivity index (χ0n) is 11.4. The summed E-state index contributed by atoms with van der Waals surface area (Å²) in [5.41, 5.74) is 2.92. The lowest BCUT2D eigenvalue weighted by Gasteiger charge is -2.11. The predicted octanol–water partition coefficient (Wildman–Crippen LogP) is 5.15. The number of hydrogen-bond donors (Lipinski definition) is 1. The normalized spacial score (nSPS) is 10.8. The van der Waals surface area contributed by atoms with Gasteiger partial charge in [0, 0.05) is 6.54 Å². The first-order valence-electron chi connectivity index (χ1n) is 6.50. The van der Waals surface area contributed by atoms with Gasteiger partial charge in [-0.25, -0.2) is 0 Å². The van der Waals surface area contributed by atoms with Crippen LogP contribution in [0.5, 0.6) is 0 Å². The van der Waals surface area contributed by atoms with Gasteiger partial charge in [-0.1, -0.05) is 36.2 Å². The third-order valence-electron chi connectivity index (χ3n) is 3.09. The van der Waals surface area contributed by atoms with Crippen LogP contribution in [-0.4, -0.2) is 9.78 Å². The Labute approximate surface area is 137 Å². The van der Waals surface area contributed by atoms with Crippen LogP contribution in [0, 0.1) is 0 Å². The monoisotopic (exact) mass is 375 g/mol. The first-order valence-corrected chi connectivity index (χ1v) is 8.05. The van der Waals surface area contributed by atoms with Crippen molar-refractivity contribution < 1.29 is 0 Å². The molecule has 0 fully saturated rings. The SMILES string of the molecule is CCc1nn(CC)c(CNc2c(Cl)cccc2Cl)c1Br. The number of anilines is 1. The molecule has 0 aliphatic heterocycles. The summed E-state index contributed by atoms with van der Waals surface area (Å²) in [6, 6.07) is 5.47. The number of rotatable bonds is 5. The van der Waals surface area contributed by atoms with Crippen molar-refractivity contribution in [2.75, 3.05) is 5.32 Å². The molecule has 3 nitrogen and oxygen atoms in total. The smallest absolute Gasteiger partial charge is 0.0767 e. The van der Waals surface area contributed by atoms with Crippen LogP contribution in [0.15, 0.2) is 22.7 Å². The van der Waals surface area contributed by atoms with E-state index in [1.54, 1.807) is 0 Å². The fourth-order valence-electron chi connectivity index (χ4n) is 2.02. The predicted molar refractivity (Wildman–Crippen MR) is 88.8 cm³/mol. The van der Waals surface area contributed by atoms with Gasteiger partial charge in [0.05, 0.1) is 38.1 Å². The fraction of sp³-hybridized carbons (Fsp3) is 0.357. The number of hydrogen-bond acceptors (Lipinski definition) is 2. The average Bonchev–Trinajstić information content (AvgIpc) is 2.74. The van der Waals surface area contributed by atoms with E-state index in [1.807, 2.05) is 22.9 Å². The van der Waals surface area contributed by atoms with Crippen molar-refractivity contribution in [3.05, 3.63) is 44.1 Å². The minimum atomic E-state index is 0.616. The van der Waals surface area contributed by atoms with Crippen molar-refractivity contribution in [2.45, 2.75) is 33.4 Å². The lowest BCUT2D eigenvalue weighted by atomic mass is 10.2. The fourth-order valence-corrected chi connectivity index (χ4v) is 3.26. The number of nitrogens with zero attached hydrogens (tertiary/aromatic N) is 2. The summed E-state index contributed by atoms with van der Waals surface area (Å²) in [5.74, 6) is 0. The van der Waals surface area contributed by atoms with Crippen LogP contribution in [0.3, 0.4) is 0 Å². The van der Waals surface area contributed by atoms with Gasteiger partial charge in [-0.05, 0) is 41.4 Å². The molecule has 2 rings (SSSR count). The molecule has 6 heteroatoms. The summed E-state index contributed by atoms with van der Waals surface area (Å²) in [6.45, 7) is 5.61. The lowest BCUT2D eigenvalue weighted by Crippen LogP contribution is -2.09. The van der Waals surface area contributed by atoms with Gasteiger partial charge in [-0.3, -0.25) is 4.68 Å². The molecule has 0 amide bonds. The molecule has 1 aromatic heterocycles. The van der Waals surface area contributed by atoms with Gasteiger partial charge in [-0.15, -0.1) is 0 Å². The van der Waals surface area contributed by atoms with E-state index in [2.05, 4.69) is 40.2 Å². The highest BCUT2D eigenvalue weighted by atomic mass is 79.9. The summed E-state index contributed by atoms with van der Waals surface area (Å²) < 4.78 is 3.04. The van der Waals surface area contributed by atoms with E-state index in [1.165, 1.54) is 0 Å². The summed E-state index contributed by atoms with van der Waals surface area (Å²) >= 11 is 15.9. The Morgan fingerprint density at radius 3 is 2.45 bits per heavy atom. The largest absolute Gasteiger partial charge is 0.377 e. The summed E-state index contributed by atoms with van der Waals surface area (Å²) in [5, 5.41) is 9.10. The Kier molecular flexibility index (Phi) is 5.35. The Morgan fingerprint density at radius 1 is 1.25 bits per heavy atom. The Bertz CT molecular complexity index is 590. The summed E-state index contributed by atoms with van der Waals surface area (Å²) in [7, 11) is 0. The lowest BCUT2D eigenvalue weighted by molar-refractivity contribution is 0.619. The van der Waals surface area contributed by atoms with Crippen molar-refractivity contribution in [1.29, 1.82) is 0 Å². The molecule has 0 saturated heterocycles. The molecule has 1 N–H and O–H groups in total. The standard InChI is InChI=1S/C14H16BrCl2N3/c1-3-11-13(15)12(20(4-2)19-11)8-18-14-9(16)6-5-7-10(14)17/h5-7,18H,3-4,8H2,1-2H3. The Morgan fingerprint density at radius 2 is 1.90 bits per heavy atom. The number of halogens is 3. The third-order valence-corrected chi connectivity index (χ3v) is 4.63. The van der Waals surface area contributed by atoms with Gasteiger partial charge < -0.3 is 5.32 Å². The van der Waals surface area contributed by atoms with E-state index in [0.29, 0.717) is 16.6 Å². The number of nitrogens with one attached hydrogen (secondary N) is 1. The second kappa shape index (κ2) is 6.83. The summed E-state index contributed by atoms with van der Waals surface area (Å²) in [4.78, 5) is 0. The second-order valence-electron chi connectivity index (χ2n) is 4.33. The molecule has 0 radical (unpaired) electrons. The van der Waals surface area contributed by atoms with Gasteiger partial charge in [-0.2, -0.15) is 5.10 Å². The summed E-state index contributed by atoms with van der Waals surface area (Å²) in [6.07, 6.45) is 0.896. The van der Waals surface area contributed by atoms with Gasteiger partial charge in [0.1, 0.15) is 0 Å². The van der Waals surface area contributed by atoms with Crippen molar-refractivity contribution >= 4 is 44.8 Å². The molecule has 1 heterocycles. The highest BCUT2D eigenvalue weighted by Crippen LogP contribution is 2.31. The van der Waals surface area contributed by atoms with E-state index in [0.717, 1.165) is 34.5 Å². The van der Waals surface area contributed by atoms with Crippen molar-refractivity contribution in [3.8, 4) is 0 Å².